The van der Waals surface area contributed by atoms with Crippen LogP contribution in [-0.4, -0.2) is 34.3 Å². The summed E-state index contributed by atoms with van der Waals surface area (Å²) in [5.74, 6) is -1.80. The van der Waals surface area contributed by atoms with Crippen LogP contribution < -0.4 is 16.6 Å². The van der Waals surface area contributed by atoms with Gasteiger partial charge in [-0.3, -0.25) is 14.9 Å². The van der Waals surface area contributed by atoms with Crippen LogP contribution in [0.2, 0.25) is 0 Å². The summed E-state index contributed by atoms with van der Waals surface area (Å²) < 4.78 is 5.98. The van der Waals surface area contributed by atoms with E-state index in [-0.39, 0.29) is 16.5 Å². The van der Waals surface area contributed by atoms with E-state index in [1.807, 2.05) is 0 Å². The number of imide groups is 1. The zero-order valence-electron chi connectivity index (χ0n) is 13.9. The van der Waals surface area contributed by atoms with Gasteiger partial charge in [-0.05, 0) is 18.2 Å². The summed E-state index contributed by atoms with van der Waals surface area (Å²) in [5.41, 5.74) is 4.75. The van der Waals surface area contributed by atoms with Crippen molar-refractivity contribution in [1.29, 1.82) is 0 Å². The Morgan fingerprint density at radius 2 is 1.63 bits per heavy atom. The Bertz CT molecular complexity index is 1090. The van der Waals surface area contributed by atoms with Crippen LogP contribution in [0.5, 0.6) is 0 Å². The lowest BCUT2D eigenvalue weighted by Crippen LogP contribution is -2.38. The van der Waals surface area contributed by atoms with E-state index in [2.05, 4.69) is 5.10 Å². The average molecular weight is 366 g/mol. The Hall–Kier alpha value is -4.01. The first-order valence-corrected chi connectivity index (χ1v) is 7.81. The molecular weight excluding hydrogens is 352 g/mol. The van der Waals surface area contributed by atoms with Gasteiger partial charge in [0.15, 0.2) is 12.3 Å². The number of nitrogens with two attached hydrogens (primary N) is 1. The van der Waals surface area contributed by atoms with Crippen molar-refractivity contribution in [3.8, 4) is 5.69 Å². The number of nitrogens with zero attached hydrogens (tertiary/aromatic N) is 2. The first-order chi connectivity index (χ1) is 13.0. The van der Waals surface area contributed by atoms with E-state index in [4.69, 9.17) is 10.5 Å². The first kappa shape index (κ1) is 17.8. The summed E-state index contributed by atoms with van der Waals surface area (Å²) in [7, 11) is 0. The summed E-state index contributed by atoms with van der Waals surface area (Å²) >= 11 is 0. The molecule has 0 saturated carbocycles. The molecule has 0 aliphatic rings. The van der Waals surface area contributed by atoms with E-state index in [1.54, 1.807) is 59.9 Å². The molecule has 2 aromatic carbocycles. The van der Waals surface area contributed by atoms with Crippen LogP contribution in [0.25, 0.3) is 16.5 Å². The molecule has 136 valence electrons. The Labute approximate surface area is 152 Å². The zero-order valence-corrected chi connectivity index (χ0v) is 13.9. The van der Waals surface area contributed by atoms with Crippen molar-refractivity contribution < 1.29 is 19.1 Å². The fourth-order valence-corrected chi connectivity index (χ4v) is 2.46. The minimum absolute atomic E-state index is 0.138. The highest BCUT2D eigenvalue weighted by molar-refractivity contribution is 6.03. The van der Waals surface area contributed by atoms with E-state index in [9.17, 15) is 19.2 Å². The smallest absolute Gasteiger partial charge is 0.359 e. The lowest BCUT2D eigenvalue weighted by atomic mass is 10.1. The van der Waals surface area contributed by atoms with Crippen molar-refractivity contribution in [3.05, 3.63) is 70.6 Å². The van der Waals surface area contributed by atoms with Crippen molar-refractivity contribution >= 4 is 28.7 Å². The average Bonchev–Trinajstić information content (AvgIpc) is 2.67. The third kappa shape index (κ3) is 3.82. The normalized spacial score (nSPS) is 10.4. The van der Waals surface area contributed by atoms with Gasteiger partial charge < -0.3 is 10.5 Å². The summed E-state index contributed by atoms with van der Waals surface area (Å²) in [4.78, 5) is 47.2. The molecule has 0 atom stereocenters. The lowest BCUT2D eigenvalue weighted by Gasteiger charge is -2.10. The molecule has 27 heavy (non-hydrogen) atoms. The van der Waals surface area contributed by atoms with E-state index in [0.717, 1.165) is 4.68 Å². The molecule has 0 bridgehead atoms. The maximum Gasteiger partial charge on any atom is 0.359 e. The maximum atomic E-state index is 12.7. The van der Waals surface area contributed by atoms with E-state index in [0.29, 0.717) is 5.69 Å². The molecule has 0 aliphatic heterocycles. The summed E-state index contributed by atoms with van der Waals surface area (Å²) in [6.45, 7) is -0.720. The summed E-state index contributed by atoms with van der Waals surface area (Å²) in [6, 6.07) is 13.9. The number of fused-ring (bicyclic) bond motifs is 1. The van der Waals surface area contributed by atoms with Gasteiger partial charge in [0.05, 0.1) is 11.1 Å². The highest BCUT2D eigenvalue weighted by Gasteiger charge is 2.19. The number of ether oxygens (including phenoxy) is 1. The monoisotopic (exact) mass is 366 g/mol. The molecule has 0 aliphatic carbocycles. The van der Waals surface area contributed by atoms with E-state index in [1.165, 1.54) is 0 Å². The number of carbonyl (C=O) groups excluding carboxylic acids is 3. The minimum Gasteiger partial charge on any atom is -0.451 e. The number of carbonyl (C=O) groups is 3. The fourth-order valence-electron chi connectivity index (χ4n) is 2.46. The lowest BCUT2D eigenvalue weighted by molar-refractivity contribution is -0.123. The molecule has 0 radical (unpaired) electrons. The van der Waals surface area contributed by atoms with Gasteiger partial charge in [-0.1, -0.05) is 36.4 Å². The molecule has 3 N–H and O–H groups in total. The fraction of sp³-hybridized carbons (Fsp3) is 0.0556. The first-order valence-electron chi connectivity index (χ1n) is 7.81. The second kappa shape index (κ2) is 7.48. The highest BCUT2D eigenvalue weighted by atomic mass is 16.5. The quantitative estimate of drug-likeness (QED) is 0.654. The number of benzene rings is 2. The number of aromatic nitrogens is 2. The van der Waals surface area contributed by atoms with Gasteiger partial charge in [-0.2, -0.15) is 9.78 Å². The van der Waals surface area contributed by atoms with Crippen molar-refractivity contribution in [1.82, 2.24) is 15.1 Å². The molecule has 9 heteroatoms. The number of nitrogens with one attached hydrogen (secondary N) is 1. The van der Waals surface area contributed by atoms with E-state index < -0.39 is 30.1 Å². The molecule has 0 fully saturated rings. The number of primary amides is 1. The number of hydrogen-bond donors (Lipinski definition) is 2. The van der Waals surface area contributed by atoms with Gasteiger partial charge in [-0.25, -0.2) is 9.59 Å². The maximum absolute atomic E-state index is 12.7. The molecule has 1 heterocycles. The SMILES string of the molecule is NC(=O)NC(=O)COC(=O)c1nn(-c2ccccc2)c(=O)c2ccccc12. The Balaban J connectivity index is 2.03. The number of rotatable bonds is 4. The third-order valence-corrected chi connectivity index (χ3v) is 3.60. The molecule has 3 rings (SSSR count). The van der Waals surface area contributed by atoms with Gasteiger partial charge in [0.1, 0.15) is 0 Å². The Morgan fingerprint density at radius 3 is 2.30 bits per heavy atom. The summed E-state index contributed by atoms with van der Waals surface area (Å²) in [5, 5.41) is 6.45. The van der Waals surface area contributed by atoms with E-state index >= 15 is 0 Å². The molecule has 1 aromatic heterocycles. The van der Waals surface area contributed by atoms with Crippen molar-refractivity contribution in [2.75, 3.05) is 6.61 Å². The van der Waals surface area contributed by atoms with Gasteiger partial charge in [0, 0.05) is 5.39 Å². The van der Waals surface area contributed by atoms with Gasteiger partial charge in [0.25, 0.3) is 11.5 Å². The highest BCUT2D eigenvalue weighted by Crippen LogP contribution is 2.16. The number of hydrogen-bond acceptors (Lipinski definition) is 6. The van der Waals surface area contributed by atoms with Crippen LogP contribution in [-0.2, 0) is 9.53 Å². The van der Waals surface area contributed by atoms with Crippen LogP contribution in [0.4, 0.5) is 4.79 Å². The van der Waals surface area contributed by atoms with Gasteiger partial charge >= 0.3 is 12.0 Å². The van der Waals surface area contributed by atoms with Crippen molar-refractivity contribution in [3.63, 3.8) is 0 Å². The predicted octanol–water partition coefficient (Wildman–Crippen LogP) is 0.737. The molecule has 3 aromatic rings. The molecule has 9 nitrogen and oxygen atoms in total. The molecule has 3 amide bonds. The van der Waals surface area contributed by atoms with Crippen LogP contribution in [0, 0.1) is 0 Å². The minimum atomic E-state index is -1.06. The van der Waals surface area contributed by atoms with Crippen LogP contribution in [0.15, 0.2) is 59.4 Å². The molecule has 0 unspecified atom stereocenters. The molecule has 0 saturated heterocycles. The van der Waals surface area contributed by atoms with Crippen molar-refractivity contribution in [2.45, 2.75) is 0 Å². The standard InChI is InChI=1S/C18H14N4O5/c19-18(26)20-14(23)10-27-17(25)15-12-8-4-5-9-13(12)16(24)22(21-15)11-6-2-1-3-7-11/h1-9H,10H2,(H3,19,20,23,26). The van der Waals surface area contributed by atoms with Crippen LogP contribution in [0.3, 0.4) is 0 Å². The van der Waals surface area contributed by atoms with Gasteiger partial charge in [0.2, 0.25) is 0 Å². The predicted molar refractivity (Wildman–Crippen MR) is 95.3 cm³/mol. The van der Waals surface area contributed by atoms with Crippen LogP contribution in [0.1, 0.15) is 10.5 Å². The molecular formula is C18H14N4O5. The Kier molecular flexibility index (Phi) is 4.93. The largest absolute Gasteiger partial charge is 0.451 e. The van der Waals surface area contributed by atoms with Crippen LogP contribution >= 0.6 is 0 Å². The number of urea groups is 1. The second-order valence-corrected chi connectivity index (χ2v) is 5.44. The third-order valence-electron chi connectivity index (χ3n) is 3.60. The van der Waals surface area contributed by atoms with Gasteiger partial charge in [-0.15, -0.1) is 0 Å². The number of amides is 3. The molecule has 0 spiro atoms. The van der Waals surface area contributed by atoms with Crippen molar-refractivity contribution in [2.24, 2.45) is 5.73 Å². The zero-order chi connectivity index (χ0) is 19.4. The second-order valence-electron chi connectivity index (χ2n) is 5.44. The number of para-hydroxylation sites is 1. The number of esters is 1. The Morgan fingerprint density at radius 1 is 1.00 bits per heavy atom. The topological polar surface area (TPSA) is 133 Å². The summed E-state index contributed by atoms with van der Waals surface area (Å²) in [6.07, 6.45) is 0.